The van der Waals surface area contributed by atoms with Crippen molar-refractivity contribution in [3.05, 3.63) is 66.1 Å². The Morgan fingerprint density at radius 1 is 0.718 bits per heavy atom. The molecule has 0 amide bonds. The van der Waals surface area contributed by atoms with Crippen LogP contribution in [0.1, 0.15) is 96.6 Å². The average molecular weight is 553 g/mol. The van der Waals surface area contributed by atoms with Crippen LogP contribution in [0.2, 0.25) is 0 Å². The highest BCUT2D eigenvalue weighted by molar-refractivity contribution is 7.20. The Morgan fingerprint density at radius 3 is 2.10 bits per heavy atom. The van der Waals surface area contributed by atoms with Gasteiger partial charge in [0.15, 0.2) is 16.5 Å². The van der Waals surface area contributed by atoms with E-state index in [1.54, 1.807) is 23.5 Å². The molecule has 0 saturated heterocycles. The second-order valence-electron chi connectivity index (χ2n) is 10.4. The Labute approximate surface area is 236 Å². The number of imidazole rings is 1. The number of aromatic nitrogens is 2. The van der Waals surface area contributed by atoms with Gasteiger partial charge in [-0.25, -0.2) is 9.37 Å². The Balaban J connectivity index is 1.43. The summed E-state index contributed by atoms with van der Waals surface area (Å²) in [5, 5.41) is 0. The number of ether oxygens (including phenoxy) is 1. The smallest absolute Gasteiger partial charge is 0.201 e. The van der Waals surface area contributed by atoms with E-state index in [0.717, 1.165) is 53.2 Å². The summed E-state index contributed by atoms with van der Waals surface area (Å²) >= 11 is 1.57. The van der Waals surface area contributed by atoms with E-state index in [2.05, 4.69) is 24.4 Å². The van der Waals surface area contributed by atoms with E-state index in [0.29, 0.717) is 12.2 Å². The van der Waals surface area contributed by atoms with Crippen molar-refractivity contribution in [2.24, 2.45) is 0 Å². The number of unbranched alkanes of at least 4 members (excludes halogenated alkanes) is 10. The van der Waals surface area contributed by atoms with Gasteiger partial charge in [-0.15, -0.1) is 0 Å². The predicted molar refractivity (Wildman–Crippen MR) is 160 cm³/mol. The molecule has 0 N–H and O–H groups in total. The van der Waals surface area contributed by atoms with Gasteiger partial charge in [0.25, 0.3) is 0 Å². The fraction of sp³-hybridized carbons (Fsp3) is 0.485. The maximum Gasteiger partial charge on any atom is 0.201 e. The number of aryl methyl sites for hydroxylation is 1. The lowest BCUT2D eigenvalue weighted by Gasteiger charge is -2.13. The first-order valence-corrected chi connectivity index (χ1v) is 15.6. The van der Waals surface area contributed by atoms with Crippen molar-refractivity contribution in [3.63, 3.8) is 0 Å². The standard InChI is InChI=1S/C33H42F2N2OS/c1-3-5-7-9-11-13-17-25-23-37-24-30(39-33(37)36-25)27-19-15-14-18-26(27)28-20-21-29(32(35)31(28)34)38-22-16-12-10-8-6-4-2/h14-15,18-21,23-24H,3-13,16-17,22H2,1-2H3. The largest absolute Gasteiger partial charge is 0.490 e. The highest BCUT2D eigenvalue weighted by atomic mass is 32.1. The van der Waals surface area contributed by atoms with Crippen LogP contribution in [-0.2, 0) is 6.42 Å². The molecule has 4 aromatic rings. The number of thiazole rings is 1. The van der Waals surface area contributed by atoms with E-state index in [1.807, 2.05) is 30.5 Å². The number of nitrogens with zero attached hydrogens (tertiary/aromatic N) is 2. The minimum absolute atomic E-state index is 0.0187. The van der Waals surface area contributed by atoms with Crippen LogP contribution >= 0.6 is 11.3 Å². The normalized spacial score (nSPS) is 11.5. The molecule has 0 saturated carbocycles. The van der Waals surface area contributed by atoms with Crippen LogP contribution in [0.5, 0.6) is 5.75 Å². The van der Waals surface area contributed by atoms with E-state index < -0.39 is 11.6 Å². The first kappa shape index (κ1) is 29.3. The molecule has 210 valence electrons. The minimum Gasteiger partial charge on any atom is -0.490 e. The number of benzene rings is 2. The quantitative estimate of drug-likeness (QED) is 0.122. The summed E-state index contributed by atoms with van der Waals surface area (Å²) in [4.78, 5) is 6.72. The van der Waals surface area contributed by atoms with E-state index >= 15 is 4.39 Å². The molecule has 3 nitrogen and oxygen atoms in total. The molecule has 0 aliphatic rings. The summed E-state index contributed by atoms with van der Waals surface area (Å²) in [5.41, 5.74) is 2.88. The summed E-state index contributed by atoms with van der Waals surface area (Å²) in [7, 11) is 0. The fourth-order valence-electron chi connectivity index (χ4n) is 5.02. The maximum absolute atomic E-state index is 15.3. The van der Waals surface area contributed by atoms with Gasteiger partial charge in [0.05, 0.1) is 17.2 Å². The number of halogens is 2. The molecule has 2 heterocycles. The molecule has 0 bridgehead atoms. The van der Waals surface area contributed by atoms with Gasteiger partial charge in [-0.05, 0) is 37.0 Å². The van der Waals surface area contributed by atoms with Gasteiger partial charge in [-0.2, -0.15) is 4.39 Å². The summed E-state index contributed by atoms with van der Waals surface area (Å²) < 4.78 is 38.0. The van der Waals surface area contributed by atoms with Crippen LogP contribution in [0, 0.1) is 11.6 Å². The Bertz CT molecular complexity index is 1280. The first-order valence-electron chi connectivity index (χ1n) is 14.8. The van der Waals surface area contributed by atoms with Crippen LogP contribution in [0.15, 0.2) is 48.8 Å². The zero-order chi connectivity index (χ0) is 27.5. The lowest BCUT2D eigenvalue weighted by atomic mass is 9.98. The molecule has 6 heteroatoms. The summed E-state index contributed by atoms with van der Waals surface area (Å²) in [6.07, 6.45) is 19.4. The van der Waals surface area contributed by atoms with Gasteiger partial charge in [0.2, 0.25) is 5.82 Å². The molecule has 39 heavy (non-hydrogen) atoms. The maximum atomic E-state index is 15.3. The van der Waals surface area contributed by atoms with Crippen molar-refractivity contribution in [2.75, 3.05) is 6.61 Å². The molecule has 4 rings (SSSR count). The third-order valence-electron chi connectivity index (χ3n) is 7.28. The van der Waals surface area contributed by atoms with Gasteiger partial charge in [-0.1, -0.05) is 114 Å². The number of hydrogen-bond acceptors (Lipinski definition) is 3. The molecule has 0 fully saturated rings. The van der Waals surface area contributed by atoms with Gasteiger partial charge in [-0.3, -0.25) is 4.40 Å². The van der Waals surface area contributed by atoms with E-state index in [9.17, 15) is 4.39 Å². The zero-order valence-electron chi connectivity index (χ0n) is 23.5. The lowest BCUT2D eigenvalue weighted by Crippen LogP contribution is -2.02. The molecule has 0 radical (unpaired) electrons. The second-order valence-corrected chi connectivity index (χ2v) is 11.4. The van der Waals surface area contributed by atoms with Gasteiger partial charge in [0, 0.05) is 23.5 Å². The van der Waals surface area contributed by atoms with Crippen molar-refractivity contribution in [1.82, 2.24) is 9.38 Å². The molecular formula is C33H42F2N2OS. The van der Waals surface area contributed by atoms with Crippen molar-refractivity contribution in [1.29, 1.82) is 0 Å². The highest BCUT2D eigenvalue weighted by Crippen LogP contribution is 2.39. The van der Waals surface area contributed by atoms with Crippen molar-refractivity contribution in [2.45, 2.75) is 97.3 Å². The first-order chi connectivity index (χ1) is 19.1. The third-order valence-corrected chi connectivity index (χ3v) is 8.31. The molecule has 0 spiro atoms. The molecule has 0 atom stereocenters. The Morgan fingerprint density at radius 2 is 1.38 bits per heavy atom. The second kappa shape index (κ2) is 15.2. The monoisotopic (exact) mass is 552 g/mol. The van der Waals surface area contributed by atoms with Crippen LogP contribution in [0.3, 0.4) is 0 Å². The number of rotatable bonds is 17. The third kappa shape index (κ3) is 7.91. The number of hydrogen-bond donors (Lipinski definition) is 0. The van der Waals surface area contributed by atoms with Gasteiger partial charge >= 0.3 is 0 Å². The zero-order valence-corrected chi connectivity index (χ0v) is 24.3. The Hall–Kier alpha value is -2.73. The summed E-state index contributed by atoms with van der Waals surface area (Å²) in [6, 6.07) is 10.8. The molecule has 0 aliphatic carbocycles. The van der Waals surface area contributed by atoms with Crippen molar-refractivity contribution in [3.8, 4) is 27.3 Å². The molecular weight excluding hydrogens is 510 g/mol. The van der Waals surface area contributed by atoms with Crippen LogP contribution < -0.4 is 4.74 Å². The molecule has 2 aromatic carbocycles. The van der Waals surface area contributed by atoms with Crippen molar-refractivity contribution < 1.29 is 13.5 Å². The summed E-state index contributed by atoms with van der Waals surface area (Å²) in [5.74, 6) is -1.81. The van der Waals surface area contributed by atoms with E-state index in [4.69, 9.17) is 9.72 Å². The van der Waals surface area contributed by atoms with E-state index in [1.165, 1.54) is 51.4 Å². The van der Waals surface area contributed by atoms with E-state index in [-0.39, 0.29) is 11.3 Å². The molecule has 0 aliphatic heterocycles. The minimum atomic E-state index is -0.923. The van der Waals surface area contributed by atoms with Crippen LogP contribution in [0.25, 0.3) is 26.5 Å². The summed E-state index contributed by atoms with van der Waals surface area (Å²) in [6.45, 7) is 4.82. The molecule has 2 aromatic heterocycles. The fourth-order valence-corrected chi connectivity index (χ4v) is 6.05. The van der Waals surface area contributed by atoms with Crippen molar-refractivity contribution >= 4 is 16.3 Å². The lowest BCUT2D eigenvalue weighted by molar-refractivity contribution is 0.285. The highest BCUT2D eigenvalue weighted by Gasteiger charge is 2.19. The Kier molecular flexibility index (Phi) is 11.4. The number of fused-ring (bicyclic) bond motifs is 1. The van der Waals surface area contributed by atoms with Crippen LogP contribution in [0.4, 0.5) is 8.78 Å². The SMILES string of the molecule is CCCCCCCCOc1ccc(-c2ccccc2-c2cn3cc(CCCCCCCC)nc3s2)c(F)c1F. The topological polar surface area (TPSA) is 26.5 Å². The van der Waals surface area contributed by atoms with Gasteiger partial charge in [0.1, 0.15) is 0 Å². The average Bonchev–Trinajstić information content (AvgIpc) is 3.51. The van der Waals surface area contributed by atoms with Crippen LogP contribution in [-0.4, -0.2) is 16.0 Å². The molecule has 0 unspecified atom stereocenters. The predicted octanol–water partition coefficient (Wildman–Crippen LogP) is 10.7. The van der Waals surface area contributed by atoms with Gasteiger partial charge < -0.3 is 4.74 Å².